The summed E-state index contributed by atoms with van der Waals surface area (Å²) in [4.78, 5) is 8.59. The zero-order valence-electron chi connectivity index (χ0n) is 8.09. The monoisotopic (exact) mass is 177 g/mol. The Morgan fingerprint density at radius 2 is 1.31 bits per heavy atom. The van der Waals surface area contributed by atoms with Gasteiger partial charge in [-0.1, -0.05) is 7.55 Å². The van der Waals surface area contributed by atoms with Gasteiger partial charge in [-0.15, -0.1) is 0 Å². The Morgan fingerprint density at radius 1 is 0.846 bits per heavy atom. The van der Waals surface area contributed by atoms with Crippen molar-refractivity contribution in [2.24, 2.45) is 0 Å². The Morgan fingerprint density at radius 3 is 1.62 bits per heavy atom. The van der Waals surface area contributed by atoms with Gasteiger partial charge in [-0.3, -0.25) is 0 Å². The third-order valence-electron chi connectivity index (χ3n) is 2.09. The van der Waals surface area contributed by atoms with Crippen LogP contribution in [0.4, 0.5) is 0 Å². The van der Waals surface area contributed by atoms with E-state index in [1.165, 1.54) is 0 Å². The van der Waals surface area contributed by atoms with Crippen LogP contribution in [-0.4, -0.2) is 54.4 Å². The zero-order chi connectivity index (χ0) is 9.26. The van der Waals surface area contributed by atoms with Gasteiger partial charge < -0.3 is 19.4 Å². The molecular formula is C8H14BN4-. The molecule has 13 heavy (non-hydrogen) atoms. The third-order valence-corrected chi connectivity index (χ3v) is 2.09. The molecule has 0 unspecified atom stereocenters. The molecule has 0 fully saturated rings. The van der Waals surface area contributed by atoms with Gasteiger partial charge in [0.05, 0.1) is 0 Å². The second-order valence-corrected chi connectivity index (χ2v) is 3.54. The molecule has 5 heteroatoms. The van der Waals surface area contributed by atoms with Gasteiger partial charge in [-0.2, -0.15) is 0 Å². The normalized spacial score (nSPS) is 21.1. The minimum atomic E-state index is 0.939. The van der Waals surface area contributed by atoms with E-state index in [4.69, 9.17) is 0 Å². The van der Waals surface area contributed by atoms with Gasteiger partial charge in [0.25, 0.3) is 0 Å². The molecule has 0 aromatic carbocycles. The van der Waals surface area contributed by atoms with E-state index in [2.05, 4.69) is 65.9 Å². The van der Waals surface area contributed by atoms with Crippen molar-refractivity contribution in [2.45, 2.75) is 0 Å². The van der Waals surface area contributed by atoms with Gasteiger partial charge in [-0.25, -0.2) is 0 Å². The molecule has 0 aromatic rings. The van der Waals surface area contributed by atoms with Gasteiger partial charge in [0.1, 0.15) is 0 Å². The summed E-state index contributed by atoms with van der Waals surface area (Å²) in [7, 11) is 6.24. The van der Waals surface area contributed by atoms with Gasteiger partial charge in [0.2, 0.25) is 0 Å². The standard InChI is InChI=1S/C8H14BN4/c1-10-3-5-12(7-10)9-13-6-4-11(2)8-13/h3-6H,7-8H2,1-2H3/q-1. The first-order valence-corrected chi connectivity index (χ1v) is 4.38. The molecule has 0 amide bonds. The predicted molar refractivity (Wildman–Crippen MR) is 53.0 cm³/mol. The lowest BCUT2D eigenvalue weighted by Gasteiger charge is -2.40. The maximum absolute atomic E-state index is 2.16. The molecule has 2 radical (unpaired) electrons. The molecule has 0 N–H and O–H groups in total. The first kappa shape index (κ1) is 8.35. The van der Waals surface area contributed by atoms with Gasteiger partial charge in [-0.05, 0) is 12.4 Å². The topological polar surface area (TPSA) is 13.0 Å². The van der Waals surface area contributed by atoms with Crippen LogP contribution in [0.2, 0.25) is 0 Å². The number of hydrogen-bond donors (Lipinski definition) is 0. The quantitative estimate of drug-likeness (QED) is 0.545. The molecule has 70 valence electrons. The lowest BCUT2D eigenvalue weighted by atomic mass is 10.1. The molecule has 0 atom stereocenters. The first-order valence-electron chi connectivity index (χ1n) is 4.38. The molecule has 0 aliphatic carbocycles. The summed E-state index contributed by atoms with van der Waals surface area (Å²) < 4.78 is 0. The van der Waals surface area contributed by atoms with Crippen LogP contribution in [0.1, 0.15) is 0 Å². The highest BCUT2D eigenvalue weighted by molar-refractivity contribution is 6.29. The molecule has 2 heterocycles. The lowest BCUT2D eigenvalue weighted by Crippen LogP contribution is -2.37. The summed E-state index contributed by atoms with van der Waals surface area (Å²) in [5.41, 5.74) is 0. The van der Waals surface area contributed by atoms with Gasteiger partial charge in [0, 0.05) is 39.8 Å². The second kappa shape index (κ2) is 3.24. The molecule has 2 aliphatic heterocycles. The van der Waals surface area contributed by atoms with E-state index < -0.39 is 0 Å². The summed E-state index contributed by atoms with van der Waals surface area (Å²) in [6.07, 6.45) is 8.29. The SMILES string of the molecule is CN1C=CN([B-]N2C=CN(C)C2)C1. The summed E-state index contributed by atoms with van der Waals surface area (Å²) in [6, 6.07) is 0. The fraction of sp³-hybridized carbons (Fsp3) is 0.500. The van der Waals surface area contributed by atoms with E-state index in [1.54, 1.807) is 0 Å². The Hall–Kier alpha value is -1.26. The van der Waals surface area contributed by atoms with Crippen molar-refractivity contribution >= 4 is 7.55 Å². The van der Waals surface area contributed by atoms with Crippen molar-refractivity contribution in [1.29, 1.82) is 0 Å². The van der Waals surface area contributed by atoms with E-state index in [1.807, 2.05) is 0 Å². The van der Waals surface area contributed by atoms with Crippen LogP contribution in [0.25, 0.3) is 0 Å². The maximum Gasteiger partial charge on any atom is 0.0491 e. The summed E-state index contributed by atoms with van der Waals surface area (Å²) in [6.45, 7) is 1.88. The van der Waals surface area contributed by atoms with Crippen LogP contribution in [0.3, 0.4) is 0 Å². The van der Waals surface area contributed by atoms with E-state index in [-0.39, 0.29) is 0 Å². The Bertz CT molecular complexity index is 216. The van der Waals surface area contributed by atoms with E-state index in [9.17, 15) is 0 Å². The van der Waals surface area contributed by atoms with Crippen LogP contribution in [0.15, 0.2) is 24.8 Å². The highest BCUT2D eigenvalue weighted by Crippen LogP contribution is 2.07. The average Bonchev–Trinajstić information content (AvgIpc) is 2.62. The molecule has 0 bridgehead atoms. The smallest absolute Gasteiger partial charge is 0.0491 e. The van der Waals surface area contributed by atoms with Crippen LogP contribution in [-0.2, 0) is 0 Å². The highest BCUT2D eigenvalue weighted by Gasteiger charge is 2.04. The molecular weight excluding hydrogens is 163 g/mol. The molecule has 4 nitrogen and oxygen atoms in total. The average molecular weight is 177 g/mol. The van der Waals surface area contributed by atoms with Crippen LogP contribution >= 0.6 is 0 Å². The predicted octanol–water partition coefficient (Wildman–Crippen LogP) is -0.127. The molecule has 2 rings (SSSR count). The Kier molecular flexibility index (Phi) is 2.08. The van der Waals surface area contributed by atoms with E-state index in [0.29, 0.717) is 0 Å². The molecule has 0 saturated heterocycles. The number of nitrogens with zero attached hydrogens (tertiary/aromatic N) is 4. The van der Waals surface area contributed by atoms with E-state index in [0.717, 1.165) is 13.3 Å². The summed E-state index contributed by atoms with van der Waals surface area (Å²) >= 11 is 0. The summed E-state index contributed by atoms with van der Waals surface area (Å²) in [5, 5.41) is 0. The zero-order valence-corrected chi connectivity index (χ0v) is 8.09. The van der Waals surface area contributed by atoms with E-state index >= 15 is 0 Å². The largest absolute Gasteiger partial charge is 0.576 e. The molecule has 2 aliphatic rings. The fourth-order valence-electron chi connectivity index (χ4n) is 1.44. The van der Waals surface area contributed by atoms with Crippen LogP contribution < -0.4 is 0 Å². The summed E-state index contributed by atoms with van der Waals surface area (Å²) in [5.74, 6) is 0. The van der Waals surface area contributed by atoms with Gasteiger partial charge >= 0.3 is 0 Å². The second-order valence-electron chi connectivity index (χ2n) is 3.54. The first-order chi connectivity index (χ1) is 6.24. The van der Waals surface area contributed by atoms with Crippen molar-refractivity contribution in [2.75, 3.05) is 27.4 Å². The van der Waals surface area contributed by atoms with Crippen LogP contribution in [0, 0.1) is 0 Å². The van der Waals surface area contributed by atoms with Crippen LogP contribution in [0.5, 0.6) is 0 Å². The molecule has 0 spiro atoms. The van der Waals surface area contributed by atoms with Crippen molar-refractivity contribution in [3.8, 4) is 0 Å². The number of hydrogen-bond acceptors (Lipinski definition) is 4. The molecule has 0 saturated carbocycles. The van der Waals surface area contributed by atoms with Gasteiger partial charge in [0.15, 0.2) is 0 Å². The minimum absolute atomic E-state index is 0.939. The fourth-order valence-corrected chi connectivity index (χ4v) is 1.44. The number of rotatable bonds is 2. The van der Waals surface area contributed by atoms with Crippen molar-refractivity contribution in [3.05, 3.63) is 24.8 Å². The van der Waals surface area contributed by atoms with Crippen molar-refractivity contribution in [1.82, 2.24) is 19.4 Å². The van der Waals surface area contributed by atoms with Crippen molar-refractivity contribution < 1.29 is 0 Å². The Labute approximate surface area is 80.0 Å². The lowest BCUT2D eigenvalue weighted by molar-refractivity contribution is 0.354. The maximum atomic E-state index is 2.16. The van der Waals surface area contributed by atoms with Crippen molar-refractivity contribution in [3.63, 3.8) is 0 Å². The third kappa shape index (κ3) is 1.91. The Balaban J connectivity index is 1.80. The molecule has 0 aromatic heterocycles. The minimum Gasteiger partial charge on any atom is -0.576 e. The highest BCUT2D eigenvalue weighted by atomic mass is 15.4.